The zero-order chi connectivity index (χ0) is 27.6. The minimum atomic E-state index is 1.13. The lowest BCUT2D eigenvalue weighted by Gasteiger charge is -2.17. The zero-order valence-electron chi connectivity index (χ0n) is 23.3. The predicted octanol–water partition coefficient (Wildman–Crippen LogP) is 11.7. The van der Waals surface area contributed by atoms with Gasteiger partial charge in [-0.2, -0.15) is 0 Å². The smallest absolute Gasteiger partial charge is 0.00203 e. The first kappa shape index (κ1) is 23.5. The van der Waals surface area contributed by atoms with Crippen molar-refractivity contribution < 1.29 is 0 Å². The van der Waals surface area contributed by atoms with E-state index in [-0.39, 0.29) is 0 Å². The van der Waals surface area contributed by atoms with Gasteiger partial charge in [0.15, 0.2) is 0 Å². The summed E-state index contributed by atoms with van der Waals surface area (Å²) in [5.74, 6) is 0. The highest BCUT2D eigenvalue weighted by molar-refractivity contribution is 6.27. The van der Waals surface area contributed by atoms with Gasteiger partial charge >= 0.3 is 0 Å². The van der Waals surface area contributed by atoms with E-state index in [9.17, 15) is 0 Å². The number of hydrogen-bond donors (Lipinski definition) is 0. The molecule has 9 rings (SSSR count). The Morgan fingerprint density at radius 1 is 0.405 bits per heavy atom. The third kappa shape index (κ3) is 3.55. The van der Waals surface area contributed by atoms with Gasteiger partial charge in [0.05, 0.1) is 0 Å². The molecule has 0 N–H and O–H groups in total. The molecule has 0 heteroatoms. The fraction of sp³-hybridized carbons (Fsp3) is 0.0476. The van der Waals surface area contributed by atoms with Crippen LogP contribution in [0.15, 0.2) is 140 Å². The van der Waals surface area contributed by atoms with E-state index < -0.39 is 0 Å². The van der Waals surface area contributed by atoms with E-state index in [1.165, 1.54) is 87.6 Å². The molecule has 0 unspecified atom stereocenters. The summed E-state index contributed by atoms with van der Waals surface area (Å²) in [6.07, 6.45) is 6.86. The van der Waals surface area contributed by atoms with Crippen LogP contribution in [0.1, 0.15) is 17.5 Å². The van der Waals surface area contributed by atoms with E-state index in [2.05, 4.69) is 146 Å². The van der Waals surface area contributed by atoms with Crippen LogP contribution in [0.3, 0.4) is 0 Å². The molecule has 0 atom stereocenters. The highest BCUT2D eigenvalue weighted by Gasteiger charge is 2.16. The SMILES string of the molecule is C1=Cc2c(cccc2-c2ccc(-c3ccc4ccc5c(-c6ccc7ccccc7c6)ccc6ccc3c4c65)cc2)CC1. The molecular weight excluding hydrogens is 504 g/mol. The quantitative estimate of drug-likeness (QED) is 0.199. The summed E-state index contributed by atoms with van der Waals surface area (Å²) in [5, 5.41) is 10.5. The predicted molar refractivity (Wildman–Crippen MR) is 181 cm³/mol. The van der Waals surface area contributed by atoms with Crippen LogP contribution < -0.4 is 0 Å². The van der Waals surface area contributed by atoms with Crippen molar-refractivity contribution in [3.05, 3.63) is 151 Å². The number of hydrogen-bond acceptors (Lipinski definition) is 0. The molecule has 0 heterocycles. The molecule has 0 aliphatic heterocycles. The summed E-state index contributed by atoms with van der Waals surface area (Å²) in [6.45, 7) is 0. The van der Waals surface area contributed by atoms with Gasteiger partial charge in [0.1, 0.15) is 0 Å². The number of benzene rings is 8. The molecule has 0 aromatic heterocycles. The lowest BCUT2D eigenvalue weighted by Crippen LogP contribution is -1.96. The maximum Gasteiger partial charge on any atom is -0.00203 e. The number of fused-ring (bicyclic) bond motifs is 2. The fourth-order valence-electron chi connectivity index (χ4n) is 7.21. The van der Waals surface area contributed by atoms with Crippen molar-refractivity contribution in [3.63, 3.8) is 0 Å². The number of allylic oxidation sites excluding steroid dienone is 1. The molecule has 0 bridgehead atoms. The van der Waals surface area contributed by atoms with Crippen molar-refractivity contribution >= 4 is 49.2 Å². The third-order valence-electron chi connectivity index (χ3n) is 9.29. The summed E-state index contributed by atoms with van der Waals surface area (Å²) < 4.78 is 0. The molecule has 0 saturated heterocycles. The Morgan fingerprint density at radius 3 is 1.74 bits per heavy atom. The monoisotopic (exact) mass is 532 g/mol. The van der Waals surface area contributed by atoms with Gasteiger partial charge in [0.25, 0.3) is 0 Å². The summed E-state index contributed by atoms with van der Waals surface area (Å²) in [7, 11) is 0. The lowest BCUT2D eigenvalue weighted by atomic mass is 9.86. The fourth-order valence-corrected chi connectivity index (χ4v) is 7.21. The van der Waals surface area contributed by atoms with E-state index in [4.69, 9.17) is 0 Å². The summed E-state index contributed by atoms with van der Waals surface area (Å²) >= 11 is 0. The Labute approximate surface area is 245 Å². The number of rotatable bonds is 3. The van der Waals surface area contributed by atoms with Crippen LogP contribution >= 0.6 is 0 Å². The maximum atomic E-state index is 2.33. The van der Waals surface area contributed by atoms with Crippen molar-refractivity contribution in [2.45, 2.75) is 12.8 Å². The average molecular weight is 533 g/mol. The minimum absolute atomic E-state index is 1.13. The molecule has 196 valence electrons. The standard InChI is InChI=1S/C42H28/c1-2-8-33-26-34(17-12-27(33)6-1)38-23-19-32-20-24-39-37(22-18-31-21-25-40(38)42(32)41(31)39)30-15-13-29(14-16-30)36-11-5-9-28-7-3-4-10-35(28)36/h1-2,4-6,8-26H,3,7H2. The molecule has 8 aromatic rings. The van der Waals surface area contributed by atoms with Crippen LogP contribution in [0.2, 0.25) is 0 Å². The van der Waals surface area contributed by atoms with Crippen LogP contribution in [0, 0.1) is 0 Å². The second-order valence-corrected chi connectivity index (χ2v) is 11.6. The van der Waals surface area contributed by atoms with Crippen molar-refractivity contribution in [3.8, 4) is 33.4 Å². The molecule has 0 saturated carbocycles. The Morgan fingerprint density at radius 2 is 1.00 bits per heavy atom. The Kier molecular flexibility index (Phi) is 5.12. The second-order valence-electron chi connectivity index (χ2n) is 11.6. The molecule has 42 heavy (non-hydrogen) atoms. The van der Waals surface area contributed by atoms with Crippen LogP contribution in [-0.4, -0.2) is 0 Å². The van der Waals surface area contributed by atoms with Crippen molar-refractivity contribution in [2.24, 2.45) is 0 Å². The highest BCUT2D eigenvalue weighted by Crippen LogP contribution is 2.43. The summed E-state index contributed by atoms with van der Waals surface area (Å²) in [5.41, 5.74) is 10.5. The summed E-state index contributed by atoms with van der Waals surface area (Å²) in [6, 6.07) is 49.8. The van der Waals surface area contributed by atoms with Gasteiger partial charge in [0, 0.05) is 0 Å². The topological polar surface area (TPSA) is 0 Å². The summed E-state index contributed by atoms with van der Waals surface area (Å²) in [4.78, 5) is 0. The van der Waals surface area contributed by atoms with E-state index in [0.717, 1.165) is 12.8 Å². The van der Waals surface area contributed by atoms with Crippen LogP contribution in [0.5, 0.6) is 0 Å². The second kappa shape index (κ2) is 9.16. The van der Waals surface area contributed by atoms with E-state index >= 15 is 0 Å². The Bertz CT molecular complexity index is 2330. The van der Waals surface area contributed by atoms with Crippen molar-refractivity contribution in [2.75, 3.05) is 0 Å². The molecule has 0 nitrogen and oxygen atoms in total. The Balaban J connectivity index is 1.20. The van der Waals surface area contributed by atoms with Crippen LogP contribution in [-0.2, 0) is 6.42 Å². The molecule has 0 spiro atoms. The Hall–Kier alpha value is -5.20. The van der Waals surface area contributed by atoms with Gasteiger partial charge in [-0.1, -0.05) is 140 Å². The zero-order valence-corrected chi connectivity index (χ0v) is 23.3. The minimum Gasteiger partial charge on any atom is -0.0836 e. The van der Waals surface area contributed by atoms with Gasteiger partial charge in [0.2, 0.25) is 0 Å². The average Bonchev–Trinajstić information content (AvgIpc) is 3.06. The van der Waals surface area contributed by atoms with Gasteiger partial charge in [-0.15, -0.1) is 0 Å². The maximum absolute atomic E-state index is 2.33. The van der Waals surface area contributed by atoms with E-state index in [0.29, 0.717) is 0 Å². The van der Waals surface area contributed by atoms with Gasteiger partial charge < -0.3 is 0 Å². The molecule has 1 aliphatic carbocycles. The van der Waals surface area contributed by atoms with Gasteiger partial charge in [-0.25, -0.2) is 0 Å². The van der Waals surface area contributed by atoms with E-state index in [1.54, 1.807) is 0 Å². The lowest BCUT2D eigenvalue weighted by molar-refractivity contribution is 0.986. The van der Waals surface area contributed by atoms with Crippen LogP contribution in [0.4, 0.5) is 0 Å². The van der Waals surface area contributed by atoms with Crippen LogP contribution in [0.25, 0.3) is 82.5 Å². The van der Waals surface area contributed by atoms with Gasteiger partial charge in [-0.3, -0.25) is 0 Å². The first-order valence-corrected chi connectivity index (χ1v) is 14.9. The first-order chi connectivity index (χ1) is 20.8. The molecule has 0 fully saturated rings. The molecule has 1 aliphatic rings. The van der Waals surface area contributed by atoms with Crippen molar-refractivity contribution in [1.29, 1.82) is 0 Å². The van der Waals surface area contributed by atoms with Gasteiger partial charge in [-0.05, 0) is 107 Å². The third-order valence-corrected chi connectivity index (χ3v) is 9.29. The molecule has 0 radical (unpaired) electrons. The normalized spacial score (nSPS) is 13.0. The molecule has 0 amide bonds. The molecule has 8 aromatic carbocycles. The number of aryl methyl sites for hydroxylation is 1. The van der Waals surface area contributed by atoms with E-state index in [1.807, 2.05) is 0 Å². The first-order valence-electron chi connectivity index (χ1n) is 14.9. The highest BCUT2D eigenvalue weighted by atomic mass is 14.2. The largest absolute Gasteiger partial charge is 0.0836 e. The molecular formula is C42H28. The van der Waals surface area contributed by atoms with Crippen molar-refractivity contribution in [1.82, 2.24) is 0 Å².